The first-order valence-electron chi connectivity index (χ1n) is 6.96. The van der Waals surface area contributed by atoms with Crippen molar-refractivity contribution in [3.05, 3.63) is 30.1 Å². The van der Waals surface area contributed by atoms with E-state index in [0.29, 0.717) is 13.2 Å². The molecule has 110 valence electrons. The molecule has 1 amide bonds. The molecule has 1 fully saturated rings. The standard InChI is InChI=1S/C14H22N4O2/c15-3-10-20-12-14(19)18-8-6-17(7-9-18)11-13-1-4-16-5-2-13/h1-2,4-5H,3,6-12,15H2. The molecule has 0 bridgehead atoms. The number of piperazine rings is 1. The van der Waals surface area contributed by atoms with Gasteiger partial charge in [0.1, 0.15) is 6.61 Å². The minimum atomic E-state index is 0.0574. The molecule has 1 aromatic rings. The van der Waals surface area contributed by atoms with Gasteiger partial charge in [0.2, 0.25) is 5.91 Å². The van der Waals surface area contributed by atoms with Crippen molar-refractivity contribution in [3.8, 4) is 0 Å². The third-order valence-corrected chi connectivity index (χ3v) is 3.37. The van der Waals surface area contributed by atoms with Crippen molar-refractivity contribution in [1.29, 1.82) is 0 Å². The zero-order valence-corrected chi connectivity index (χ0v) is 11.7. The van der Waals surface area contributed by atoms with Crippen LogP contribution in [0.2, 0.25) is 0 Å². The maximum atomic E-state index is 11.9. The highest BCUT2D eigenvalue weighted by molar-refractivity contribution is 5.77. The lowest BCUT2D eigenvalue weighted by molar-refractivity contribution is -0.137. The zero-order chi connectivity index (χ0) is 14.2. The van der Waals surface area contributed by atoms with Gasteiger partial charge in [0.15, 0.2) is 0 Å². The molecule has 0 unspecified atom stereocenters. The Kier molecular flexibility index (Phi) is 5.91. The minimum absolute atomic E-state index is 0.0574. The molecule has 0 radical (unpaired) electrons. The van der Waals surface area contributed by atoms with Gasteiger partial charge >= 0.3 is 0 Å². The molecule has 0 aliphatic carbocycles. The van der Waals surface area contributed by atoms with Crippen molar-refractivity contribution in [2.24, 2.45) is 5.73 Å². The number of aromatic nitrogens is 1. The molecular formula is C14H22N4O2. The van der Waals surface area contributed by atoms with Crippen molar-refractivity contribution in [2.45, 2.75) is 6.54 Å². The Morgan fingerprint density at radius 1 is 1.25 bits per heavy atom. The van der Waals surface area contributed by atoms with Crippen LogP contribution >= 0.6 is 0 Å². The summed E-state index contributed by atoms with van der Waals surface area (Å²) in [5, 5.41) is 0. The van der Waals surface area contributed by atoms with E-state index in [1.807, 2.05) is 29.4 Å². The Hall–Kier alpha value is -1.50. The van der Waals surface area contributed by atoms with E-state index in [9.17, 15) is 4.79 Å². The summed E-state index contributed by atoms with van der Waals surface area (Å²) in [5.74, 6) is 0.0574. The van der Waals surface area contributed by atoms with E-state index in [1.54, 1.807) is 0 Å². The fraction of sp³-hybridized carbons (Fsp3) is 0.571. The fourth-order valence-electron chi connectivity index (χ4n) is 2.24. The number of pyridine rings is 1. The average Bonchev–Trinajstić information content (AvgIpc) is 2.49. The Bertz CT molecular complexity index is 405. The van der Waals surface area contributed by atoms with Crippen LogP contribution < -0.4 is 5.73 Å². The molecule has 20 heavy (non-hydrogen) atoms. The van der Waals surface area contributed by atoms with E-state index >= 15 is 0 Å². The van der Waals surface area contributed by atoms with E-state index in [0.717, 1.165) is 32.7 Å². The number of nitrogens with two attached hydrogens (primary N) is 1. The van der Waals surface area contributed by atoms with Gasteiger partial charge in [-0.2, -0.15) is 0 Å². The summed E-state index contributed by atoms with van der Waals surface area (Å²) in [6.07, 6.45) is 3.62. The molecule has 0 saturated carbocycles. The first-order chi connectivity index (χ1) is 9.79. The van der Waals surface area contributed by atoms with Gasteiger partial charge in [0.05, 0.1) is 6.61 Å². The highest BCUT2D eigenvalue weighted by Crippen LogP contribution is 2.08. The van der Waals surface area contributed by atoms with Crippen LogP contribution in [0.25, 0.3) is 0 Å². The van der Waals surface area contributed by atoms with Crippen LogP contribution in [0.1, 0.15) is 5.56 Å². The van der Waals surface area contributed by atoms with Gasteiger partial charge in [-0.05, 0) is 17.7 Å². The maximum absolute atomic E-state index is 11.9. The summed E-state index contributed by atoms with van der Waals surface area (Å²) >= 11 is 0. The number of carbonyl (C=O) groups excluding carboxylic acids is 1. The lowest BCUT2D eigenvalue weighted by Crippen LogP contribution is -2.49. The van der Waals surface area contributed by atoms with Crippen LogP contribution in [-0.2, 0) is 16.1 Å². The molecule has 0 atom stereocenters. The second kappa shape index (κ2) is 7.94. The predicted molar refractivity (Wildman–Crippen MR) is 76.0 cm³/mol. The van der Waals surface area contributed by atoms with Gasteiger partial charge in [-0.1, -0.05) is 0 Å². The third-order valence-electron chi connectivity index (χ3n) is 3.37. The summed E-state index contributed by atoms with van der Waals surface area (Å²) in [5.41, 5.74) is 6.58. The van der Waals surface area contributed by atoms with Crippen molar-refractivity contribution < 1.29 is 9.53 Å². The lowest BCUT2D eigenvalue weighted by atomic mass is 10.2. The van der Waals surface area contributed by atoms with Gasteiger partial charge in [-0.25, -0.2) is 0 Å². The minimum Gasteiger partial charge on any atom is -0.370 e. The van der Waals surface area contributed by atoms with Crippen molar-refractivity contribution in [1.82, 2.24) is 14.8 Å². The summed E-state index contributed by atoms with van der Waals surface area (Å²) in [6.45, 7) is 5.25. The van der Waals surface area contributed by atoms with Crippen LogP contribution in [0, 0.1) is 0 Å². The zero-order valence-electron chi connectivity index (χ0n) is 11.7. The Morgan fingerprint density at radius 3 is 2.60 bits per heavy atom. The van der Waals surface area contributed by atoms with Gasteiger partial charge in [0.25, 0.3) is 0 Å². The first kappa shape index (κ1) is 14.9. The number of rotatable bonds is 6. The van der Waals surface area contributed by atoms with Crippen molar-refractivity contribution in [3.63, 3.8) is 0 Å². The number of hydrogen-bond donors (Lipinski definition) is 1. The first-order valence-corrected chi connectivity index (χ1v) is 6.96. The highest BCUT2D eigenvalue weighted by Gasteiger charge is 2.20. The summed E-state index contributed by atoms with van der Waals surface area (Å²) in [4.78, 5) is 20.1. The molecular weight excluding hydrogens is 256 g/mol. The van der Waals surface area contributed by atoms with Crippen molar-refractivity contribution >= 4 is 5.91 Å². The molecule has 1 aliphatic rings. The number of carbonyl (C=O) groups is 1. The lowest BCUT2D eigenvalue weighted by Gasteiger charge is -2.34. The highest BCUT2D eigenvalue weighted by atomic mass is 16.5. The summed E-state index contributed by atoms with van der Waals surface area (Å²) < 4.78 is 5.18. The van der Waals surface area contributed by atoms with Crippen molar-refractivity contribution in [2.75, 3.05) is 45.9 Å². The average molecular weight is 278 g/mol. The molecule has 0 spiro atoms. The van der Waals surface area contributed by atoms with Crippen LogP contribution in [-0.4, -0.2) is 66.6 Å². The van der Waals surface area contributed by atoms with Gasteiger partial charge in [-0.3, -0.25) is 14.7 Å². The summed E-state index contributed by atoms with van der Waals surface area (Å²) in [7, 11) is 0. The van der Waals surface area contributed by atoms with Gasteiger partial charge in [0, 0.05) is 51.7 Å². The number of nitrogens with zero attached hydrogens (tertiary/aromatic N) is 3. The number of amides is 1. The number of hydrogen-bond acceptors (Lipinski definition) is 5. The van der Waals surface area contributed by atoms with Gasteiger partial charge < -0.3 is 15.4 Å². The molecule has 6 heteroatoms. The predicted octanol–water partition coefficient (Wildman–Crippen LogP) is -0.299. The molecule has 2 N–H and O–H groups in total. The van der Waals surface area contributed by atoms with Gasteiger partial charge in [-0.15, -0.1) is 0 Å². The summed E-state index contributed by atoms with van der Waals surface area (Å²) in [6, 6.07) is 4.05. The fourth-order valence-corrected chi connectivity index (χ4v) is 2.24. The quantitative estimate of drug-likeness (QED) is 0.724. The van der Waals surface area contributed by atoms with Crippen LogP contribution in [0.15, 0.2) is 24.5 Å². The third kappa shape index (κ3) is 4.56. The van der Waals surface area contributed by atoms with E-state index in [1.165, 1.54) is 5.56 Å². The van der Waals surface area contributed by atoms with Crippen LogP contribution in [0.5, 0.6) is 0 Å². The molecule has 1 aliphatic heterocycles. The topological polar surface area (TPSA) is 71.7 Å². The monoisotopic (exact) mass is 278 g/mol. The molecule has 2 heterocycles. The molecule has 1 aromatic heterocycles. The smallest absolute Gasteiger partial charge is 0.248 e. The Morgan fingerprint density at radius 2 is 1.95 bits per heavy atom. The van der Waals surface area contributed by atoms with E-state index < -0.39 is 0 Å². The normalized spacial score (nSPS) is 16.4. The van der Waals surface area contributed by atoms with Crippen LogP contribution in [0.4, 0.5) is 0 Å². The van der Waals surface area contributed by atoms with E-state index in [-0.39, 0.29) is 12.5 Å². The molecule has 2 rings (SSSR count). The largest absolute Gasteiger partial charge is 0.370 e. The Labute approximate surface area is 119 Å². The maximum Gasteiger partial charge on any atom is 0.248 e. The second-order valence-corrected chi connectivity index (χ2v) is 4.85. The van der Waals surface area contributed by atoms with Crippen LogP contribution in [0.3, 0.4) is 0 Å². The molecule has 1 saturated heterocycles. The Balaban J connectivity index is 1.71. The molecule has 6 nitrogen and oxygen atoms in total. The molecule has 0 aromatic carbocycles. The second-order valence-electron chi connectivity index (χ2n) is 4.85. The van der Waals surface area contributed by atoms with E-state index in [4.69, 9.17) is 10.5 Å². The van der Waals surface area contributed by atoms with E-state index in [2.05, 4.69) is 9.88 Å². The SMILES string of the molecule is NCCOCC(=O)N1CCN(Cc2ccncc2)CC1. The number of ether oxygens (including phenoxy) is 1.